The summed E-state index contributed by atoms with van der Waals surface area (Å²) in [6, 6.07) is 10.2. The highest BCUT2D eigenvalue weighted by molar-refractivity contribution is 7.98. The third-order valence-corrected chi connectivity index (χ3v) is 4.10. The summed E-state index contributed by atoms with van der Waals surface area (Å²) in [6.07, 6.45) is 3.47. The Kier molecular flexibility index (Phi) is 4.31. The van der Waals surface area contributed by atoms with Crippen LogP contribution in [0.4, 0.5) is 11.5 Å². The van der Waals surface area contributed by atoms with Crippen molar-refractivity contribution in [3.8, 4) is 6.07 Å². The normalized spacial score (nSPS) is 10.5. The van der Waals surface area contributed by atoms with Crippen molar-refractivity contribution in [1.29, 1.82) is 5.26 Å². The van der Waals surface area contributed by atoms with E-state index in [-0.39, 0.29) is 5.69 Å². The molecule has 1 aromatic carbocycles. The van der Waals surface area contributed by atoms with Crippen molar-refractivity contribution in [2.75, 3.05) is 11.6 Å². The van der Waals surface area contributed by atoms with Gasteiger partial charge in [0.15, 0.2) is 11.5 Å². The molecule has 9 heteroatoms. The number of aromatic nitrogens is 3. The van der Waals surface area contributed by atoms with Gasteiger partial charge in [0.1, 0.15) is 16.7 Å². The largest absolute Gasteiger partial charge is 0.365 e. The number of nitro benzene ring substituents is 1. The van der Waals surface area contributed by atoms with Crippen molar-refractivity contribution in [2.45, 2.75) is 11.6 Å². The average molecular weight is 340 g/mol. The van der Waals surface area contributed by atoms with Crippen molar-refractivity contribution in [3.63, 3.8) is 0 Å². The van der Waals surface area contributed by atoms with Crippen LogP contribution < -0.4 is 5.32 Å². The Morgan fingerprint density at radius 2 is 2.12 bits per heavy atom. The molecule has 0 radical (unpaired) electrons. The maximum Gasteiger partial charge on any atom is 0.269 e. The number of hydrogen-bond acceptors (Lipinski definition) is 7. The van der Waals surface area contributed by atoms with Gasteiger partial charge in [-0.2, -0.15) is 14.9 Å². The predicted octanol–water partition coefficient (Wildman–Crippen LogP) is 2.84. The number of nitrogens with zero attached hydrogens (tertiary/aromatic N) is 5. The minimum Gasteiger partial charge on any atom is -0.365 e. The Morgan fingerprint density at radius 3 is 2.75 bits per heavy atom. The van der Waals surface area contributed by atoms with E-state index in [1.54, 1.807) is 28.9 Å². The number of thioether (sulfide) groups is 1. The van der Waals surface area contributed by atoms with E-state index in [0.717, 1.165) is 5.56 Å². The highest BCUT2D eigenvalue weighted by Gasteiger charge is 2.15. The molecule has 0 saturated carbocycles. The molecule has 3 aromatic rings. The number of hydrogen-bond donors (Lipinski definition) is 1. The monoisotopic (exact) mass is 340 g/mol. The second kappa shape index (κ2) is 6.55. The highest BCUT2D eigenvalue weighted by atomic mass is 32.2. The van der Waals surface area contributed by atoms with Gasteiger partial charge in [-0.3, -0.25) is 10.1 Å². The molecule has 0 bridgehead atoms. The summed E-state index contributed by atoms with van der Waals surface area (Å²) in [5, 5.41) is 28.2. The summed E-state index contributed by atoms with van der Waals surface area (Å²) < 4.78 is 1.57. The van der Waals surface area contributed by atoms with E-state index in [1.807, 2.05) is 6.26 Å². The first kappa shape index (κ1) is 15.8. The second-order valence-corrected chi connectivity index (χ2v) is 5.63. The fourth-order valence-corrected chi connectivity index (χ4v) is 2.78. The van der Waals surface area contributed by atoms with Crippen molar-refractivity contribution < 1.29 is 4.92 Å². The summed E-state index contributed by atoms with van der Waals surface area (Å²) in [6.45, 7) is 0.402. The fraction of sp³-hybridized carbons (Fsp3) is 0.133. The van der Waals surface area contributed by atoms with Gasteiger partial charge in [-0.1, -0.05) is 12.1 Å². The van der Waals surface area contributed by atoms with Crippen LogP contribution >= 0.6 is 11.8 Å². The quantitative estimate of drug-likeness (QED) is 0.329. The molecule has 0 saturated heterocycles. The maximum atomic E-state index is 10.7. The molecule has 2 heterocycles. The van der Waals surface area contributed by atoms with E-state index in [1.165, 1.54) is 23.9 Å². The molecule has 120 valence electrons. The molecule has 0 aliphatic heterocycles. The highest BCUT2D eigenvalue weighted by Crippen LogP contribution is 2.26. The third-order valence-electron chi connectivity index (χ3n) is 3.41. The van der Waals surface area contributed by atoms with E-state index in [2.05, 4.69) is 21.5 Å². The Bertz CT molecular complexity index is 945. The van der Waals surface area contributed by atoms with Gasteiger partial charge < -0.3 is 5.32 Å². The first-order valence-corrected chi connectivity index (χ1v) is 8.15. The lowest BCUT2D eigenvalue weighted by Crippen LogP contribution is -2.09. The van der Waals surface area contributed by atoms with Crippen LogP contribution in [-0.4, -0.2) is 25.8 Å². The topological polar surface area (TPSA) is 109 Å². The van der Waals surface area contributed by atoms with E-state index in [9.17, 15) is 15.4 Å². The molecule has 3 rings (SSSR count). The number of rotatable bonds is 5. The first-order chi connectivity index (χ1) is 11.6. The van der Waals surface area contributed by atoms with Crippen LogP contribution in [0.25, 0.3) is 5.65 Å². The molecule has 0 unspecified atom stereocenters. The number of nitriles is 1. The SMILES string of the molecule is CSc1nc2ccnn2c(NCc2ccc([N+](=O)[O-])cc2)c1C#N. The number of benzene rings is 1. The van der Waals surface area contributed by atoms with Crippen LogP contribution in [-0.2, 0) is 6.54 Å². The van der Waals surface area contributed by atoms with Crippen molar-refractivity contribution in [3.05, 3.63) is 57.8 Å². The van der Waals surface area contributed by atoms with Gasteiger partial charge in [-0.25, -0.2) is 4.98 Å². The molecular formula is C15H12N6O2S. The van der Waals surface area contributed by atoms with Gasteiger partial charge in [-0.05, 0) is 11.8 Å². The average Bonchev–Trinajstić information content (AvgIpc) is 3.07. The van der Waals surface area contributed by atoms with Crippen LogP contribution in [0, 0.1) is 21.4 Å². The Labute approximate surface area is 141 Å². The zero-order valence-electron chi connectivity index (χ0n) is 12.6. The smallest absolute Gasteiger partial charge is 0.269 e. The number of nitrogens with one attached hydrogen (secondary N) is 1. The lowest BCUT2D eigenvalue weighted by atomic mass is 10.2. The summed E-state index contributed by atoms with van der Waals surface area (Å²) in [5.41, 5.74) is 1.96. The van der Waals surface area contributed by atoms with Gasteiger partial charge in [-0.15, -0.1) is 11.8 Å². The van der Waals surface area contributed by atoms with Crippen LogP contribution in [0.3, 0.4) is 0 Å². The van der Waals surface area contributed by atoms with E-state index < -0.39 is 4.92 Å². The zero-order valence-corrected chi connectivity index (χ0v) is 13.4. The maximum absolute atomic E-state index is 10.7. The zero-order chi connectivity index (χ0) is 17.1. The number of nitro groups is 1. The molecule has 0 aliphatic carbocycles. The van der Waals surface area contributed by atoms with Crippen molar-refractivity contribution in [1.82, 2.24) is 14.6 Å². The van der Waals surface area contributed by atoms with Crippen molar-refractivity contribution in [2.24, 2.45) is 0 Å². The van der Waals surface area contributed by atoms with Gasteiger partial charge in [0.05, 0.1) is 11.1 Å². The summed E-state index contributed by atoms with van der Waals surface area (Å²) in [4.78, 5) is 14.7. The molecule has 0 aliphatic rings. The minimum atomic E-state index is -0.439. The number of anilines is 1. The first-order valence-electron chi connectivity index (χ1n) is 6.93. The Morgan fingerprint density at radius 1 is 1.38 bits per heavy atom. The van der Waals surface area contributed by atoms with Gasteiger partial charge in [0.25, 0.3) is 5.69 Å². The minimum absolute atomic E-state index is 0.0412. The Balaban J connectivity index is 1.93. The van der Waals surface area contributed by atoms with E-state index in [4.69, 9.17) is 0 Å². The van der Waals surface area contributed by atoms with Crippen molar-refractivity contribution >= 4 is 28.9 Å². The van der Waals surface area contributed by atoms with E-state index in [0.29, 0.717) is 28.6 Å². The number of fused-ring (bicyclic) bond motifs is 1. The second-order valence-electron chi connectivity index (χ2n) is 4.83. The standard InChI is InChI=1S/C15H12N6O2S/c1-24-15-12(8-16)14(20-13(19-15)6-7-18-20)17-9-10-2-4-11(5-3-10)21(22)23/h2-7,17H,9H2,1H3. The molecular weight excluding hydrogens is 328 g/mol. The molecule has 0 fully saturated rings. The molecule has 2 aromatic heterocycles. The molecule has 0 atom stereocenters. The third kappa shape index (κ3) is 2.87. The lowest BCUT2D eigenvalue weighted by Gasteiger charge is -2.12. The van der Waals surface area contributed by atoms with Crippen LogP contribution in [0.1, 0.15) is 11.1 Å². The Hall–Kier alpha value is -3.12. The molecule has 8 nitrogen and oxygen atoms in total. The van der Waals surface area contributed by atoms with Gasteiger partial charge in [0, 0.05) is 24.7 Å². The summed E-state index contributed by atoms with van der Waals surface area (Å²) in [5.74, 6) is 0.551. The lowest BCUT2D eigenvalue weighted by molar-refractivity contribution is -0.384. The fourth-order valence-electron chi connectivity index (χ4n) is 2.25. The molecule has 0 amide bonds. The van der Waals surface area contributed by atoms with Crippen LogP contribution in [0.15, 0.2) is 41.6 Å². The number of non-ortho nitro benzene ring substituents is 1. The van der Waals surface area contributed by atoms with Crippen LogP contribution in [0.2, 0.25) is 0 Å². The summed E-state index contributed by atoms with van der Waals surface area (Å²) in [7, 11) is 0. The van der Waals surface area contributed by atoms with Crippen LogP contribution in [0.5, 0.6) is 0 Å². The van der Waals surface area contributed by atoms with Gasteiger partial charge >= 0.3 is 0 Å². The predicted molar refractivity (Wildman–Crippen MR) is 89.9 cm³/mol. The van der Waals surface area contributed by atoms with E-state index >= 15 is 0 Å². The summed E-state index contributed by atoms with van der Waals surface area (Å²) >= 11 is 1.39. The molecule has 24 heavy (non-hydrogen) atoms. The molecule has 1 N–H and O–H groups in total. The van der Waals surface area contributed by atoms with Gasteiger partial charge in [0.2, 0.25) is 0 Å². The molecule has 0 spiro atoms.